The molecule has 1 fully saturated rings. The van der Waals surface area contributed by atoms with Gasteiger partial charge in [0.05, 0.1) is 25.4 Å². The molecule has 4 rings (SSSR count). The van der Waals surface area contributed by atoms with E-state index >= 15 is 0 Å². The molecule has 0 aliphatic carbocycles. The molecule has 0 saturated carbocycles. The van der Waals surface area contributed by atoms with Gasteiger partial charge in [-0.1, -0.05) is 6.07 Å². The second-order valence-electron chi connectivity index (χ2n) is 6.76. The molecule has 11 nitrogen and oxygen atoms in total. The number of morpholine rings is 1. The van der Waals surface area contributed by atoms with E-state index in [4.69, 9.17) is 4.74 Å². The minimum absolute atomic E-state index is 0.178. The topological polar surface area (TPSA) is 123 Å². The van der Waals surface area contributed by atoms with Crippen molar-refractivity contribution in [3.8, 4) is 5.69 Å². The highest BCUT2D eigenvalue weighted by Crippen LogP contribution is 2.12. The van der Waals surface area contributed by atoms with Crippen molar-refractivity contribution in [1.29, 1.82) is 0 Å². The molecule has 3 aromatic rings. The molecule has 2 N–H and O–H groups in total. The highest BCUT2D eigenvalue weighted by molar-refractivity contribution is 7.09. The van der Waals surface area contributed by atoms with E-state index in [2.05, 4.69) is 21.1 Å². The van der Waals surface area contributed by atoms with E-state index in [0.717, 1.165) is 14.2 Å². The number of amides is 3. The summed E-state index contributed by atoms with van der Waals surface area (Å²) in [7, 11) is 0. The molecular weight excluding hydrogens is 422 g/mol. The number of benzene rings is 1. The lowest BCUT2D eigenvalue weighted by atomic mass is 10.3. The molecular formula is C19H21N7O4S. The van der Waals surface area contributed by atoms with Crippen LogP contribution in [0, 0.1) is 0 Å². The number of hydrogen-bond donors (Lipinski definition) is 2. The number of tetrazole rings is 1. The maximum absolute atomic E-state index is 12.6. The second-order valence-corrected chi connectivity index (χ2v) is 7.79. The second kappa shape index (κ2) is 9.53. The van der Waals surface area contributed by atoms with E-state index < -0.39 is 5.69 Å². The van der Waals surface area contributed by atoms with Crippen molar-refractivity contribution in [2.45, 2.75) is 13.1 Å². The molecule has 2 aromatic heterocycles. The first kappa shape index (κ1) is 20.8. The predicted octanol–water partition coefficient (Wildman–Crippen LogP) is 0.671. The van der Waals surface area contributed by atoms with Crippen LogP contribution in [0.15, 0.2) is 46.6 Å². The van der Waals surface area contributed by atoms with Gasteiger partial charge < -0.3 is 20.3 Å². The Morgan fingerprint density at radius 2 is 1.87 bits per heavy atom. The molecule has 0 spiro atoms. The Balaban J connectivity index is 1.36. The first-order valence-electron chi connectivity index (χ1n) is 9.66. The van der Waals surface area contributed by atoms with Crippen molar-refractivity contribution in [2.75, 3.05) is 31.6 Å². The number of aromatic nitrogens is 4. The first-order valence-corrected chi connectivity index (χ1v) is 10.5. The summed E-state index contributed by atoms with van der Waals surface area (Å²) in [6.07, 6.45) is 0. The van der Waals surface area contributed by atoms with Crippen molar-refractivity contribution in [1.82, 2.24) is 30.0 Å². The molecule has 0 unspecified atom stereocenters. The highest BCUT2D eigenvalue weighted by Gasteiger charge is 2.19. The molecule has 3 heterocycles. The van der Waals surface area contributed by atoms with E-state index in [0.29, 0.717) is 44.2 Å². The summed E-state index contributed by atoms with van der Waals surface area (Å²) in [6, 6.07) is 10.1. The van der Waals surface area contributed by atoms with Crippen molar-refractivity contribution >= 4 is 29.0 Å². The van der Waals surface area contributed by atoms with Crippen LogP contribution in [0.1, 0.15) is 4.88 Å². The van der Waals surface area contributed by atoms with Crippen LogP contribution in [-0.2, 0) is 22.6 Å². The molecule has 0 bridgehead atoms. The number of carbonyl (C=O) groups is 2. The maximum atomic E-state index is 12.6. The number of hydrogen-bond acceptors (Lipinski definition) is 7. The Bertz CT molecular complexity index is 1090. The van der Waals surface area contributed by atoms with E-state index in [9.17, 15) is 14.4 Å². The Labute approximate surface area is 181 Å². The number of thiophene rings is 1. The number of urea groups is 1. The smallest absolute Gasteiger partial charge is 0.368 e. The van der Waals surface area contributed by atoms with Gasteiger partial charge >= 0.3 is 11.7 Å². The highest BCUT2D eigenvalue weighted by atomic mass is 32.1. The summed E-state index contributed by atoms with van der Waals surface area (Å²) in [5.74, 6) is -0.203. The maximum Gasteiger partial charge on any atom is 0.368 e. The first-order chi connectivity index (χ1) is 15.1. The third kappa shape index (κ3) is 5.16. The van der Waals surface area contributed by atoms with Gasteiger partial charge in [-0.3, -0.25) is 4.79 Å². The molecule has 1 aromatic carbocycles. The molecule has 162 valence electrons. The van der Waals surface area contributed by atoms with Gasteiger partial charge in [-0.05, 0) is 46.1 Å². The zero-order valence-electron chi connectivity index (χ0n) is 16.6. The molecule has 1 aliphatic heterocycles. The Morgan fingerprint density at radius 3 is 2.58 bits per heavy atom. The lowest BCUT2D eigenvalue weighted by molar-refractivity contribution is -0.136. The fraction of sp³-hybridized carbons (Fsp3) is 0.316. The molecule has 1 aliphatic rings. The molecule has 0 atom stereocenters. The minimum Gasteiger partial charge on any atom is -0.378 e. The van der Waals surface area contributed by atoms with Crippen LogP contribution in [0.4, 0.5) is 10.5 Å². The number of rotatable bonds is 6. The summed E-state index contributed by atoms with van der Waals surface area (Å²) >= 11 is 1.57. The Kier molecular flexibility index (Phi) is 6.38. The van der Waals surface area contributed by atoms with Gasteiger partial charge in [0.1, 0.15) is 6.54 Å². The van der Waals surface area contributed by atoms with Gasteiger partial charge in [0.2, 0.25) is 5.91 Å². The fourth-order valence-electron chi connectivity index (χ4n) is 3.02. The quantitative estimate of drug-likeness (QED) is 0.577. The molecule has 12 heteroatoms. The SMILES string of the molecule is O=C(NCc1cccs1)Nc1ccc(-n2nnn(CC(=O)N3CCOCC3)c2=O)cc1. The zero-order chi connectivity index (χ0) is 21.6. The molecule has 31 heavy (non-hydrogen) atoms. The van der Waals surface area contributed by atoms with Gasteiger partial charge in [-0.25, -0.2) is 9.59 Å². The van der Waals surface area contributed by atoms with E-state index in [1.54, 1.807) is 40.5 Å². The largest absolute Gasteiger partial charge is 0.378 e. The van der Waals surface area contributed by atoms with Gasteiger partial charge in [0, 0.05) is 23.7 Å². The minimum atomic E-state index is -0.518. The predicted molar refractivity (Wildman–Crippen MR) is 113 cm³/mol. The molecule has 0 radical (unpaired) electrons. The van der Waals surface area contributed by atoms with Crippen LogP contribution >= 0.6 is 11.3 Å². The standard InChI is InChI=1S/C19H21N7O4S/c27-17(24-7-9-30-10-8-24)13-25-19(29)26(23-22-25)15-5-3-14(4-6-15)21-18(28)20-12-16-2-1-11-31-16/h1-6,11H,7-10,12-13H2,(H2,20,21,28). The van der Waals surface area contributed by atoms with Crippen molar-refractivity contribution in [3.05, 3.63) is 57.1 Å². The summed E-state index contributed by atoms with van der Waals surface area (Å²) in [5, 5.41) is 15.1. The van der Waals surface area contributed by atoms with Crippen LogP contribution in [0.2, 0.25) is 0 Å². The Hall–Kier alpha value is -3.51. The van der Waals surface area contributed by atoms with Crippen LogP contribution in [-0.4, -0.2) is 62.9 Å². The monoisotopic (exact) mass is 443 g/mol. The van der Waals surface area contributed by atoms with Gasteiger partial charge in [-0.2, -0.15) is 9.36 Å². The third-order valence-electron chi connectivity index (χ3n) is 4.66. The fourth-order valence-corrected chi connectivity index (χ4v) is 3.66. The van der Waals surface area contributed by atoms with Crippen LogP contribution < -0.4 is 16.3 Å². The van der Waals surface area contributed by atoms with E-state index in [1.807, 2.05) is 17.5 Å². The summed E-state index contributed by atoms with van der Waals surface area (Å²) in [4.78, 5) is 39.6. The lowest BCUT2D eigenvalue weighted by Gasteiger charge is -2.26. The number of ether oxygens (including phenoxy) is 1. The summed E-state index contributed by atoms with van der Waals surface area (Å²) in [6.45, 7) is 2.24. The normalized spacial score (nSPS) is 13.7. The average Bonchev–Trinajstić information content (AvgIpc) is 3.44. The lowest BCUT2D eigenvalue weighted by Crippen LogP contribution is -2.43. The summed E-state index contributed by atoms with van der Waals surface area (Å²) < 4.78 is 7.36. The van der Waals surface area contributed by atoms with Crippen molar-refractivity contribution in [2.24, 2.45) is 0 Å². The zero-order valence-corrected chi connectivity index (χ0v) is 17.4. The Morgan fingerprint density at radius 1 is 1.10 bits per heavy atom. The average molecular weight is 443 g/mol. The van der Waals surface area contributed by atoms with Gasteiger partial charge in [0.25, 0.3) is 0 Å². The van der Waals surface area contributed by atoms with Crippen LogP contribution in [0.25, 0.3) is 5.69 Å². The number of carbonyl (C=O) groups excluding carboxylic acids is 2. The number of anilines is 1. The number of nitrogens with zero attached hydrogens (tertiary/aromatic N) is 5. The van der Waals surface area contributed by atoms with Gasteiger partial charge in [-0.15, -0.1) is 11.3 Å². The van der Waals surface area contributed by atoms with E-state index in [-0.39, 0.29) is 18.5 Å². The van der Waals surface area contributed by atoms with Crippen LogP contribution in [0.3, 0.4) is 0 Å². The third-order valence-corrected chi connectivity index (χ3v) is 5.54. The molecule has 3 amide bonds. The summed E-state index contributed by atoms with van der Waals surface area (Å²) in [5.41, 5.74) is 0.519. The van der Waals surface area contributed by atoms with Crippen molar-refractivity contribution in [3.63, 3.8) is 0 Å². The number of nitrogens with one attached hydrogen (secondary N) is 2. The van der Waals surface area contributed by atoms with Gasteiger partial charge in [0.15, 0.2) is 0 Å². The van der Waals surface area contributed by atoms with Crippen LogP contribution in [0.5, 0.6) is 0 Å². The molecule has 1 saturated heterocycles. The van der Waals surface area contributed by atoms with Crippen molar-refractivity contribution < 1.29 is 14.3 Å². The van der Waals surface area contributed by atoms with E-state index in [1.165, 1.54) is 0 Å².